The Morgan fingerprint density at radius 3 is 2.48 bits per heavy atom. The SMILES string of the molecule is CCC(O)/C=C/C#CCC(O)/C=C/C=C/C#CC(O)CCCC(=O)O. The van der Waals surface area contributed by atoms with E-state index in [0.29, 0.717) is 19.3 Å². The molecule has 4 N–H and O–H groups in total. The van der Waals surface area contributed by atoms with E-state index >= 15 is 0 Å². The van der Waals surface area contributed by atoms with Gasteiger partial charge in [0.2, 0.25) is 0 Å². The second kappa shape index (κ2) is 15.2. The predicted octanol–water partition coefficient (Wildman–Crippen LogP) is 1.80. The van der Waals surface area contributed by atoms with Crippen LogP contribution in [0.15, 0.2) is 36.5 Å². The first-order chi connectivity index (χ1) is 12.0. The average Bonchev–Trinajstić information content (AvgIpc) is 2.57. The molecule has 0 aromatic heterocycles. The Kier molecular flexibility index (Phi) is 13.8. The molecule has 0 bridgehead atoms. The summed E-state index contributed by atoms with van der Waals surface area (Å²) in [4.78, 5) is 10.3. The monoisotopic (exact) mass is 346 g/mol. The van der Waals surface area contributed by atoms with E-state index in [1.54, 1.807) is 30.4 Å². The van der Waals surface area contributed by atoms with Gasteiger partial charge in [0, 0.05) is 12.8 Å². The molecule has 3 atom stereocenters. The van der Waals surface area contributed by atoms with Crippen molar-refractivity contribution >= 4 is 5.97 Å². The Bertz CT molecular complexity index is 581. The highest BCUT2D eigenvalue weighted by Gasteiger charge is 2.01. The fraction of sp³-hybridized carbons (Fsp3) is 0.450. The molecular weight excluding hydrogens is 320 g/mol. The van der Waals surface area contributed by atoms with Gasteiger partial charge in [-0.1, -0.05) is 48.8 Å². The number of allylic oxidation sites excluding steroid dienone is 4. The molecule has 0 fully saturated rings. The number of rotatable bonds is 9. The van der Waals surface area contributed by atoms with Crippen LogP contribution in [0.1, 0.15) is 39.0 Å². The van der Waals surface area contributed by atoms with Crippen LogP contribution in [0.2, 0.25) is 0 Å². The van der Waals surface area contributed by atoms with E-state index in [1.807, 2.05) is 6.92 Å². The number of carbonyl (C=O) groups is 1. The topological polar surface area (TPSA) is 98.0 Å². The highest BCUT2D eigenvalue weighted by Crippen LogP contribution is 1.99. The summed E-state index contributed by atoms with van der Waals surface area (Å²) in [6.07, 6.45) is 9.17. The lowest BCUT2D eigenvalue weighted by atomic mass is 10.1. The third kappa shape index (κ3) is 16.3. The number of aliphatic carboxylic acids is 1. The Hall–Kier alpha value is -2.31. The van der Waals surface area contributed by atoms with Gasteiger partial charge in [0.25, 0.3) is 0 Å². The summed E-state index contributed by atoms with van der Waals surface area (Å²) < 4.78 is 0. The van der Waals surface area contributed by atoms with Gasteiger partial charge < -0.3 is 20.4 Å². The lowest BCUT2D eigenvalue weighted by molar-refractivity contribution is -0.137. The van der Waals surface area contributed by atoms with Crippen LogP contribution in [0.5, 0.6) is 0 Å². The minimum absolute atomic E-state index is 0.0209. The van der Waals surface area contributed by atoms with Crippen molar-refractivity contribution in [3.63, 3.8) is 0 Å². The van der Waals surface area contributed by atoms with Crippen LogP contribution in [0.3, 0.4) is 0 Å². The summed E-state index contributed by atoms with van der Waals surface area (Å²) in [6, 6.07) is 0. The van der Waals surface area contributed by atoms with Gasteiger partial charge in [-0.25, -0.2) is 0 Å². The molecule has 0 aliphatic rings. The molecule has 5 nitrogen and oxygen atoms in total. The minimum Gasteiger partial charge on any atom is -0.481 e. The van der Waals surface area contributed by atoms with Gasteiger partial charge >= 0.3 is 5.97 Å². The lowest BCUT2D eigenvalue weighted by Gasteiger charge is -1.99. The molecule has 0 aliphatic heterocycles. The Labute approximate surface area is 149 Å². The summed E-state index contributed by atoms with van der Waals surface area (Å²) in [6.45, 7) is 1.87. The maximum atomic E-state index is 10.3. The van der Waals surface area contributed by atoms with Crippen LogP contribution in [-0.4, -0.2) is 44.7 Å². The van der Waals surface area contributed by atoms with E-state index in [-0.39, 0.29) is 12.8 Å². The minimum atomic E-state index is -0.886. The number of carboxylic acid groups (broad SMARTS) is 1. The fourth-order valence-corrected chi connectivity index (χ4v) is 1.54. The maximum absolute atomic E-state index is 10.3. The summed E-state index contributed by atoms with van der Waals surface area (Å²) in [5.74, 6) is 9.87. The average molecular weight is 346 g/mol. The van der Waals surface area contributed by atoms with E-state index in [0.717, 1.165) is 0 Å². The second-order valence-electron chi connectivity index (χ2n) is 5.26. The molecular formula is C20H26O5. The van der Waals surface area contributed by atoms with Gasteiger partial charge in [-0.2, -0.15) is 0 Å². The van der Waals surface area contributed by atoms with Crippen molar-refractivity contribution in [2.75, 3.05) is 0 Å². The summed E-state index contributed by atoms with van der Waals surface area (Å²) in [7, 11) is 0. The van der Waals surface area contributed by atoms with Crippen LogP contribution in [0.25, 0.3) is 0 Å². The molecule has 0 amide bonds. The summed E-state index contributed by atoms with van der Waals surface area (Å²) in [5.41, 5.74) is 0. The zero-order valence-corrected chi connectivity index (χ0v) is 14.4. The largest absolute Gasteiger partial charge is 0.481 e. The van der Waals surface area contributed by atoms with Crippen molar-refractivity contribution in [2.24, 2.45) is 0 Å². The fourth-order valence-electron chi connectivity index (χ4n) is 1.54. The van der Waals surface area contributed by atoms with Crippen molar-refractivity contribution < 1.29 is 25.2 Å². The number of hydrogen-bond donors (Lipinski definition) is 4. The van der Waals surface area contributed by atoms with Gasteiger partial charge in [-0.15, -0.1) is 0 Å². The summed E-state index contributed by atoms with van der Waals surface area (Å²) in [5, 5.41) is 36.9. The molecule has 5 heteroatoms. The summed E-state index contributed by atoms with van der Waals surface area (Å²) >= 11 is 0. The third-order valence-electron chi connectivity index (χ3n) is 2.98. The van der Waals surface area contributed by atoms with Gasteiger partial charge in [-0.05, 0) is 37.5 Å². The van der Waals surface area contributed by atoms with Crippen molar-refractivity contribution in [2.45, 2.75) is 57.3 Å². The zero-order valence-electron chi connectivity index (χ0n) is 14.4. The van der Waals surface area contributed by atoms with E-state index in [9.17, 15) is 20.1 Å². The molecule has 0 radical (unpaired) electrons. The van der Waals surface area contributed by atoms with Crippen LogP contribution in [-0.2, 0) is 4.79 Å². The van der Waals surface area contributed by atoms with Gasteiger partial charge in [0.05, 0.1) is 12.2 Å². The molecule has 136 valence electrons. The Morgan fingerprint density at radius 2 is 1.80 bits per heavy atom. The van der Waals surface area contributed by atoms with Crippen LogP contribution in [0.4, 0.5) is 0 Å². The molecule has 0 aromatic rings. The van der Waals surface area contributed by atoms with Crippen molar-refractivity contribution in [1.29, 1.82) is 0 Å². The molecule has 0 aromatic carbocycles. The molecule has 0 rings (SSSR count). The van der Waals surface area contributed by atoms with Crippen molar-refractivity contribution in [3.8, 4) is 23.7 Å². The van der Waals surface area contributed by atoms with E-state index < -0.39 is 24.3 Å². The van der Waals surface area contributed by atoms with Crippen molar-refractivity contribution in [1.82, 2.24) is 0 Å². The first-order valence-electron chi connectivity index (χ1n) is 8.21. The maximum Gasteiger partial charge on any atom is 0.303 e. The number of aliphatic hydroxyl groups excluding tert-OH is 3. The second-order valence-corrected chi connectivity index (χ2v) is 5.26. The first kappa shape index (κ1) is 22.7. The van der Waals surface area contributed by atoms with Crippen LogP contribution < -0.4 is 0 Å². The zero-order chi connectivity index (χ0) is 18.9. The lowest BCUT2D eigenvalue weighted by Crippen LogP contribution is -2.04. The standard InChI is InChI=1S/C20H26O5/c1-2-17(21)11-8-5-9-14-18(22)12-6-3-4-7-13-19(23)15-10-16-20(24)25/h3-4,6,8,11-12,17-19,21-23H,2,10,14-16H2,1H3,(H,24,25)/b4-3+,11-8+,12-6+. The third-order valence-corrected chi connectivity index (χ3v) is 2.98. The van der Waals surface area contributed by atoms with E-state index in [2.05, 4.69) is 23.7 Å². The molecule has 25 heavy (non-hydrogen) atoms. The van der Waals surface area contributed by atoms with Gasteiger partial charge in [0.15, 0.2) is 0 Å². The normalized spacial score (nSPS) is 14.7. The highest BCUT2D eigenvalue weighted by atomic mass is 16.4. The number of hydrogen-bond acceptors (Lipinski definition) is 4. The number of carboxylic acids is 1. The molecule has 0 aliphatic carbocycles. The van der Waals surface area contributed by atoms with Crippen molar-refractivity contribution in [3.05, 3.63) is 36.5 Å². The van der Waals surface area contributed by atoms with E-state index in [1.165, 1.54) is 6.08 Å². The smallest absolute Gasteiger partial charge is 0.303 e. The molecule has 0 heterocycles. The molecule has 0 saturated carbocycles. The quantitative estimate of drug-likeness (QED) is 0.377. The Balaban J connectivity index is 4.04. The van der Waals surface area contributed by atoms with E-state index in [4.69, 9.17) is 5.11 Å². The Morgan fingerprint density at radius 1 is 1.04 bits per heavy atom. The van der Waals surface area contributed by atoms with Gasteiger partial charge in [0.1, 0.15) is 6.10 Å². The molecule has 0 saturated heterocycles. The first-order valence-corrected chi connectivity index (χ1v) is 8.21. The van der Waals surface area contributed by atoms with Crippen LogP contribution >= 0.6 is 0 Å². The number of aliphatic hydroxyl groups is 3. The van der Waals surface area contributed by atoms with Gasteiger partial charge in [-0.3, -0.25) is 4.79 Å². The van der Waals surface area contributed by atoms with Crippen LogP contribution in [0, 0.1) is 23.7 Å². The predicted molar refractivity (Wildman–Crippen MR) is 97.4 cm³/mol. The highest BCUT2D eigenvalue weighted by molar-refractivity contribution is 5.66. The molecule has 0 spiro atoms. The molecule has 3 unspecified atom stereocenters.